The number of ether oxygens (including phenoxy) is 1. The molecule has 0 fully saturated rings. The van der Waals surface area contributed by atoms with Gasteiger partial charge in [-0.15, -0.1) is 0 Å². The molecule has 0 unspecified atom stereocenters. The highest BCUT2D eigenvalue weighted by molar-refractivity contribution is 5.69. The number of hydrogen-bond donors (Lipinski definition) is 2. The van der Waals surface area contributed by atoms with E-state index in [1.807, 2.05) is 6.92 Å². The quantitative estimate of drug-likeness (QED) is 0.745. The number of esters is 1. The Balaban J connectivity index is 2.54. The molecule has 0 saturated carbocycles. The van der Waals surface area contributed by atoms with Crippen molar-refractivity contribution >= 4 is 5.97 Å². The zero-order chi connectivity index (χ0) is 11.3. The van der Waals surface area contributed by atoms with Crippen LogP contribution in [0.25, 0.3) is 0 Å². The molecule has 2 N–H and O–H groups in total. The molecule has 4 heteroatoms. The van der Waals surface area contributed by atoms with Gasteiger partial charge in [0.25, 0.3) is 0 Å². The SMILES string of the molecule is CCCC(=O)OCc1cc(O)cc(O)c1. The van der Waals surface area contributed by atoms with Gasteiger partial charge in [-0.05, 0) is 24.1 Å². The fourth-order valence-electron chi connectivity index (χ4n) is 1.18. The Bertz CT molecular complexity index is 326. The molecule has 0 heterocycles. The summed E-state index contributed by atoms with van der Waals surface area (Å²) >= 11 is 0. The molecule has 1 aromatic carbocycles. The van der Waals surface area contributed by atoms with E-state index in [1.165, 1.54) is 18.2 Å². The summed E-state index contributed by atoms with van der Waals surface area (Å²) in [7, 11) is 0. The van der Waals surface area contributed by atoms with Gasteiger partial charge < -0.3 is 14.9 Å². The highest BCUT2D eigenvalue weighted by Crippen LogP contribution is 2.20. The fourth-order valence-corrected chi connectivity index (χ4v) is 1.18. The molecule has 0 aliphatic rings. The van der Waals surface area contributed by atoms with E-state index in [0.29, 0.717) is 12.0 Å². The van der Waals surface area contributed by atoms with Crippen LogP contribution in [0, 0.1) is 0 Å². The molecule has 0 spiro atoms. The van der Waals surface area contributed by atoms with Crippen LogP contribution >= 0.6 is 0 Å². The van der Waals surface area contributed by atoms with Crippen molar-refractivity contribution in [2.45, 2.75) is 26.4 Å². The summed E-state index contributed by atoms with van der Waals surface area (Å²) in [4.78, 5) is 11.0. The maximum absolute atomic E-state index is 11.0. The number of phenols is 2. The molecule has 0 radical (unpaired) electrons. The Morgan fingerprint density at radius 1 is 1.27 bits per heavy atom. The van der Waals surface area contributed by atoms with Crippen molar-refractivity contribution in [2.24, 2.45) is 0 Å². The minimum atomic E-state index is -0.277. The molecule has 0 saturated heterocycles. The maximum atomic E-state index is 11.0. The van der Waals surface area contributed by atoms with Crippen LogP contribution in [-0.2, 0) is 16.1 Å². The number of aromatic hydroxyl groups is 2. The van der Waals surface area contributed by atoms with Crippen molar-refractivity contribution in [2.75, 3.05) is 0 Å². The highest BCUT2D eigenvalue weighted by Gasteiger charge is 2.03. The Kier molecular flexibility index (Phi) is 3.97. The van der Waals surface area contributed by atoms with E-state index < -0.39 is 0 Å². The van der Waals surface area contributed by atoms with Gasteiger partial charge in [-0.1, -0.05) is 6.92 Å². The first-order chi connectivity index (χ1) is 7.11. The number of carbonyl (C=O) groups excluding carboxylic acids is 1. The van der Waals surface area contributed by atoms with Gasteiger partial charge in [-0.3, -0.25) is 4.79 Å². The number of rotatable bonds is 4. The molecular formula is C11H14O4. The van der Waals surface area contributed by atoms with Crippen LogP contribution in [0.3, 0.4) is 0 Å². The molecule has 0 aliphatic heterocycles. The van der Waals surface area contributed by atoms with Crippen molar-refractivity contribution in [3.8, 4) is 11.5 Å². The lowest BCUT2D eigenvalue weighted by molar-refractivity contribution is -0.145. The van der Waals surface area contributed by atoms with Crippen molar-refractivity contribution in [3.63, 3.8) is 0 Å². The van der Waals surface area contributed by atoms with E-state index in [4.69, 9.17) is 14.9 Å². The molecule has 4 nitrogen and oxygen atoms in total. The second kappa shape index (κ2) is 5.24. The Hall–Kier alpha value is -1.71. The van der Waals surface area contributed by atoms with Crippen LogP contribution in [0.5, 0.6) is 11.5 Å². The summed E-state index contributed by atoms with van der Waals surface area (Å²) in [5.74, 6) is -0.367. The molecule has 1 aromatic rings. The first kappa shape index (κ1) is 11.4. The van der Waals surface area contributed by atoms with Gasteiger partial charge in [-0.2, -0.15) is 0 Å². The van der Waals surface area contributed by atoms with Crippen molar-refractivity contribution in [3.05, 3.63) is 23.8 Å². The van der Waals surface area contributed by atoms with Crippen LogP contribution < -0.4 is 0 Å². The van der Waals surface area contributed by atoms with Gasteiger partial charge in [0.1, 0.15) is 18.1 Å². The van der Waals surface area contributed by atoms with Gasteiger partial charge in [0.15, 0.2) is 0 Å². The second-order valence-electron chi connectivity index (χ2n) is 3.27. The molecule has 82 valence electrons. The second-order valence-corrected chi connectivity index (χ2v) is 3.27. The van der Waals surface area contributed by atoms with Crippen LogP contribution in [0.2, 0.25) is 0 Å². The minimum Gasteiger partial charge on any atom is -0.508 e. The normalized spacial score (nSPS) is 9.93. The standard InChI is InChI=1S/C11H14O4/c1-2-3-11(14)15-7-8-4-9(12)6-10(13)5-8/h4-6,12-13H,2-3,7H2,1H3. The molecular weight excluding hydrogens is 196 g/mol. The zero-order valence-electron chi connectivity index (χ0n) is 8.56. The first-order valence-corrected chi connectivity index (χ1v) is 4.79. The summed E-state index contributed by atoms with van der Waals surface area (Å²) in [5.41, 5.74) is 0.567. The summed E-state index contributed by atoms with van der Waals surface area (Å²) in [5, 5.41) is 18.3. The molecule has 0 aliphatic carbocycles. The molecule has 1 rings (SSSR count). The van der Waals surface area contributed by atoms with Gasteiger partial charge >= 0.3 is 5.97 Å². The van der Waals surface area contributed by atoms with Crippen LogP contribution in [0.15, 0.2) is 18.2 Å². The van der Waals surface area contributed by atoms with E-state index in [9.17, 15) is 4.79 Å². The maximum Gasteiger partial charge on any atom is 0.306 e. The topological polar surface area (TPSA) is 66.8 Å². The summed E-state index contributed by atoms with van der Waals surface area (Å²) < 4.78 is 4.92. The van der Waals surface area contributed by atoms with E-state index in [2.05, 4.69) is 0 Å². The number of benzene rings is 1. The summed E-state index contributed by atoms with van der Waals surface area (Å²) in [6.07, 6.45) is 1.12. The smallest absolute Gasteiger partial charge is 0.306 e. The third-order valence-electron chi connectivity index (χ3n) is 1.82. The monoisotopic (exact) mass is 210 g/mol. The van der Waals surface area contributed by atoms with Gasteiger partial charge in [0.2, 0.25) is 0 Å². The molecule has 0 atom stereocenters. The third kappa shape index (κ3) is 3.89. The van der Waals surface area contributed by atoms with Crippen molar-refractivity contribution < 1.29 is 19.7 Å². The van der Waals surface area contributed by atoms with Crippen molar-refractivity contribution in [1.82, 2.24) is 0 Å². The van der Waals surface area contributed by atoms with Crippen LogP contribution in [0.4, 0.5) is 0 Å². The Labute approximate surface area is 88.1 Å². The van der Waals surface area contributed by atoms with Crippen molar-refractivity contribution in [1.29, 1.82) is 0 Å². The lowest BCUT2D eigenvalue weighted by Crippen LogP contribution is -2.03. The summed E-state index contributed by atoms with van der Waals surface area (Å²) in [6, 6.07) is 4.11. The molecule has 0 aromatic heterocycles. The average Bonchev–Trinajstić information content (AvgIpc) is 2.14. The lowest BCUT2D eigenvalue weighted by Gasteiger charge is -2.05. The van der Waals surface area contributed by atoms with Gasteiger partial charge in [-0.25, -0.2) is 0 Å². The van der Waals surface area contributed by atoms with E-state index in [-0.39, 0.29) is 24.1 Å². The predicted molar refractivity (Wildman–Crippen MR) is 54.5 cm³/mol. The van der Waals surface area contributed by atoms with E-state index in [0.717, 1.165) is 6.42 Å². The van der Waals surface area contributed by atoms with Crippen LogP contribution in [0.1, 0.15) is 25.3 Å². The summed E-state index contributed by atoms with van der Waals surface area (Å²) in [6.45, 7) is 1.96. The Morgan fingerprint density at radius 3 is 2.40 bits per heavy atom. The highest BCUT2D eigenvalue weighted by atomic mass is 16.5. The number of phenolic OH excluding ortho intramolecular Hbond substituents is 2. The largest absolute Gasteiger partial charge is 0.508 e. The molecule has 0 bridgehead atoms. The van der Waals surface area contributed by atoms with Crippen LogP contribution in [-0.4, -0.2) is 16.2 Å². The lowest BCUT2D eigenvalue weighted by atomic mass is 10.2. The Morgan fingerprint density at radius 2 is 1.87 bits per heavy atom. The minimum absolute atomic E-state index is 0.0449. The predicted octanol–water partition coefficient (Wildman–Crippen LogP) is 1.94. The molecule has 15 heavy (non-hydrogen) atoms. The number of hydrogen-bond acceptors (Lipinski definition) is 4. The third-order valence-corrected chi connectivity index (χ3v) is 1.82. The van der Waals surface area contributed by atoms with Gasteiger partial charge in [0, 0.05) is 12.5 Å². The zero-order valence-corrected chi connectivity index (χ0v) is 8.56. The average molecular weight is 210 g/mol. The number of carbonyl (C=O) groups is 1. The first-order valence-electron chi connectivity index (χ1n) is 4.79. The van der Waals surface area contributed by atoms with Gasteiger partial charge in [0.05, 0.1) is 0 Å². The van der Waals surface area contributed by atoms with E-state index in [1.54, 1.807) is 0 Å². The van der Waals surface area contributed by atoms with E-state index >= 15 is 0 Å². The molecule has 0 amide bonds. The fraction of sp³-hybridized carbons (Fsp3) is 0.364.